The maximum absolute atomic E-state index is 12.4. The van der Waals surface area contributed by atoms with E-state index in [0.29, 0.717) is 19.6 Å². The highest BCUT2D eigenvalue weighted by atomic mass is 32.2. The lowest BCUT2D eigenvalue weighted by Gasteiger charge is -2.18. The van der Waals surface area contributed by atoms with Gasteiger partial charge in [-0.05, 0) is 59.9 Å². The van der Waals surface area contributed by atoms with E-state index < -0.39 is 12.1 Å². The van der Waals surface area contributed by atoms with E-state index in [1.54, 1.807) is 0 Å². The van der Waals surface area contributed by atoms with Crippen molar-refractivity contribution < 1.29 is 9.53 Å². The molecular weight excluding hydrogens is 394 g/mol. The number of fused-ring (bicyclic) bond motifs is 1. The number of carbonyl (C=O) groups excluding carboxylic acids is 1. The summed E-state index contributed by atoms with van der Waals surface area (Å²) in [4.78, 5) is 13.8. The Balaban J connectivity index is 1.38. The maximum Gasteiger partial charge on any atom is 0.251 e. The van der Waals surface area contributed by atoms with Crippen molar-refractivity contribution in [3.8, 4) is 17.2 Å². The Morgan fingerprint density at radius 1 is 1.23 bits per heavy atom. The van der Waals surface area contributed by atoms with Crippen LogP contribution in [0.4, 0.5) is 0 Å². The molecule has 1 saturated heterocycles. The van der Waals surface area contributed by atoms with Crippen molar-refractivity contribution in [2.75, 3.05) is 25.4 Å². The number of hydrogen-bond acceptors (Lipinski definition) is 5. The highest BCUT2D eigenvalue weighted by molar-refractivity contribution is 7.99. The normalized spacial score (nSPS) is 19.8. The zero-order valence-corrected chi connectivity index (χ0v) is 17.8. The molecule has 5 nitrogen and oxygen atoms in total. The van der Waals surface area contributed by atoms with Crippen LogP contribution in [0.1, 0.15) is 24.0 Å². The third-order valence-electron chi connectivity index (χ3n) is 5.55. The van der Waals surface area contributed by atoms with Gasteiger partial charge in [-0.15, -0.1) is 11.8 Å². The molecule has 2 aliphatic rings. The second-order valence-corrected chi connectivity index (χ2v) is 8.92. The first-order chi connectivity index (χ1) is 14.7. The number of nitrogens with zero attached hydrogens (tertiary/aromatic N) is 1. The minimum absolute atomic E-state index is 0.223. The van der Waals surface area contributed by atoms with E-state index in [2.05, 4.69) is 47.0 Å². The number of hydrogen-bond donors (Lipinski definition) is 2. The third kappa shape index (κ3) is 5.23. The zero-order chi connectivity index (χ0) is 20.8. The van der Waals surface area contributed by atoms with Gasteiger partial charge in [0, 0.05) is 24.5 Å². The van der Waals surface area contributed by atoms with Crippen LogP contribution < -0.4 is 10.6 Å². The summed E-state index contributed by atoms with van der Waals surface area (Å²) in [6.45, 7) is 1.89. The van der Waals surface area contributed by atoms with Crippen molar-refractivity contribution in [3.63, 3.8) is 0 Å². The van der Waals surface area contributed by atoms with Crippen LogP contribution in [0.15, 0.2) is 47.4 Å². The fourth-order valence-corrected chi connectivity index (χ4v) is 4.91. The summed E-state index contributed by atoms with van der Waals surface area (Å²) in [6.07, 6.45) is 3.22. The molecule has 0 aromatic heterocycles. The van der Waals surface area contributed by atoms with Gasteiger partial charge in [0.1, 0.15) is 12.1 Å². The van der Waals surface area contributed by atoms with Gasteiger partial charge in [0.05, 0.1) is 6.07 Å². The number of rotatable bonds is 5. The lowest BCUT2D eigenvalue weighted by atomic mass is 9.98. The van der Waals surface area contributed by atoms with Crippen molar-refractivity contribution in [2.45, 2.75) is 42.7 Å². The Morgan fingerprint density at radius 2 is 2.07 bits per heavy atom. The van der Waals surface area contributed by atoms with E-state index in [0.717, 1.165) is 24.9 Å². The van der Waals surface area contributed by atoms with Crippen LogP contribution in [-0.4, -0.2) is 43.5 Å². The molecule has 2 heterocycles. The molecule has 30 heavy (non-hydrogen) atoms. The second-order valence-electron chi connectivity index (χ2n) is 7.78. The molecule has 1 fully saturated rings. The Hall–Kier alpha value is -2.33. The highest BCUT2D eigenvalue weighted by Crippen LogP contribution is 2.33. The van der Waals surface area contributed by atoms with E-state index in [1.807, 2.05) is 23.9 Å². The van der Waals surface area contributed by atoms with Gasteiger partial charge < -0.3 is 15.4 Å². The molecule has 2 N–H and O–H groups in total. The van der Waals surface area contributed by atoms with E-state index in [1.165, 1.54) is 33.8 Å². The third-order valence-corrected chi connectivity index (χ3v) is 6.75. The predicted molar refractivity (Wildman–Crippen MR) is 119 cm³/mol. The molecule has 1 amide bonds. The largest absolute Gasteiger partial charge is 0.367 e. The Kier molecular flexibility index (Phi) is 7.06. The van der Waals surface area contributed by atoms with Crippen molar-refractivity contribution in [1.29, 1.82) is 5.26 Å². The minimum Gasteiger partial charge on any atom is -0.367 e. The fraction of sp³-hybridized carbons (Fsp3) is 0.417. The van der Waals surface area contributed by atoms with Crippen LogP contribution in [0, 0.1) is 11.3 Å². The van der Waals surface area contributed by atoms with Gasteiger partial charge in [0.2, 0.25) is 0 Å². The quantitative estimate of drug-likeness (QED) is 0.775. The van der Waals surface area contributed by atoms with Gasteiger partial charge in [-0.2, -0.15) is 5.26 Å². The van der Waals surface area contributed by atoms with Crippen molar-refractivity contribution in [2.24, 2.45) is 0 Å². The fourth-order valence-electron chi connectivity index (χ4n) is 3.89. The molecule has 2 aromatic rings. The lowest BCUT2D eigenvalue weighted by molar-refractivity contribution is -0.132. The van der Waals surface area contributed by atoms with Crippen LogP contribution in [0.25, 0.3) is 11.1 Å². The summed E-state index contributed by atoms with van der Waals surface area (Å²) in [5, 5.41) is 15.5. The smallest absolute Gasteiger partial charge is 0.251 e. The molecule has 2 atom stereocenters. The molecule has 2 aromatic carbocycles. The molecule has 4 rings (SSSR count). The van der Waals surface area contributed by atoms with Crippen molar-refractivity contribution in [1.82, 2.24) is 10.6 Å². The number of ether oxygens (including phenoxy) is 1. The first-order valence-corrected chi connectivity index (χ1v) is 11.6. The Bertz CT molecular complexity index is 915. The number of benzene rings is 2. The van der Waals surface area contributed by atoms with Gasteiger partial charge >= 0.3 is 0 Å². The van der Waals surface area contributed by atoms with Gasteiger partial charge in [-0.3, -0.25) is 4.79 Å². The topological polar surface area (TPSA) is 74.2 Å². The highest BCUT2D eigenvalue weighted by Gasteiger charge is 2.23. The summed E-state index contributed by atoms with van der Waals surface area (Å²) < 4.78 is 5.58. The Labute approximate surface area is 182 Å². The SMILES string of the molecule is N#C[C@H](Cc1ccc(-c2ccc3c(c2)CCCS3)cc1)NC(=O)[C@@H]1CNCCCO1. The molecule has 0 unspecified atom stereocenters. The summed E-state index contributed by atoms with van der Waals surface area (Å²) >= 11 is 1.94. The van der Waals surface area contributed by atoms with Crippen LogP contribution in [0.5, 0.6) is 0 Å². The molecule has 0 saturated carbocycles. The number of aryl methyl sites for hydroxylation is 1. The van der Waals surface area contributed by atoms with Gasteiger partial charge in [0.25, 0.3) is 5.91 Å². The van der Waals surface area contributed by atoms with Crippen LogP contribution >= 0.6 is 11.8 Å². The number of amides is 1. The molecule has 0 aliphatic carbocycles. The molecule has 0 spiro atoms. The molecule has 0 radical (unpaired) electrons. The number of nitrogens with one attached hydrogen (secondary N) is 2. The number of carbonyl (C=O) groups is 1. The van der Waals surface area contributed by atoms with Gasteiger partial charge in [0.15, 0.2) is 0 Å². The number of nitriles is 1. The predicted octanol–water partition coefficient (Wildman–Crippen LogP) is 3.32. The average molecular weight is 422 g/mol. The van der Waals surface area contributed by atoms with E-state index in [-0.39, 0.29) is 5.91 Å². The van der Waals surface area contributed by atoms with E-state index in [9.17, 15) is 10.1 Å². The zero-order valence-electron chi connectivity index (χ0n) is 17.0. The standard InChI is InChI=1S/C24H27N3O2S/c25-15-21(27-24(28)22-16-26-10-2-11-29-22)13-17-4-6-18(7-5-17)19-8-9-23-20(14-19)3-1-12-30-23/h4-9,14,21-22,26H,1-3,10-13,16H2,(H,27,28)/t21-,22-/m0/s1. The monoisotopic (exact) mass is 421 g/mol. The van der Waals surface area contributed by atoms with Crippen molar-refractivity contribution >= 4 is 17.7 Å². The molecule has 2 aliphatic heterocycles. The van der Waals surface area contributed by atoms with Crippen LogP contribution in [0.2, 0.25) is 0 Å². The molecular formula is C24H27N3O2S. The number of thioether (sulfide) groups is 1. The van der Waals surface area contributed by atoms with Crippen LogP contribution in [-0.2, 0) is 22.4 Å². The molecule has 6 heteroatoms. The lowest BCUT2D eigenvalue weighted by Crippen LogP contribution is -2.46. The Morgan fingerprint density at radius 3 is 2.90 bits per heavy atom. The first-order valence-electron chi connectivity index (χ1n) is 10.6. The average Bonchev–Trinajstić information content (AvgIpc) is 3.08. The van der Waals surface area contributed by atoms with E-state index >= 15 is 0 Å². The maximum atomic E-state index is 12.4. The summed E-state index contributed by atoms with van der Waals surface area (Å²) in [6, 6.07) is 16.6. The van der Waals surface area contributed by atoms with Crippen molar-refractivity contribution in [3.05, 3.63) is 53.6 Å². The summed E-state index contributed by atoms with van der Waals surface area (Å²) in [5.74, 6) is 0.987. The van der Waals surface area contributed by atoms with Gasteiger partial charge in [-0.25, -0.2) is 0 Å². The van der Waals surface area contributed by atoms with E-state index in [4.69, 9.17) is 4.74 Å². The first kappa shape index (κ1) is 20.9. The van der Waals surface area contributed by atoms with Crippen LogP contribution in [0.3, 0.4) is 0 Å². The van der Waals surface area contributed by atoms with Gasteiger partial charge in [-0.1, -0.05) is 36.4 Å². The molecule has 156 valence electrons. The molecule has 0 bridgehead atoms. The minimum atomic E-state index is -0.573. The summed E-state index contributed by atoms with van der Waals surface area (Å²) in [7, 11) is 0. The second kappa shape index (κ2) is 10.1. The summed E-state index contributed by atoms with van der Waals surface area (Å²) in [5.41, 5.74) is 4.87.